The zero-order valence-electron chi connectivity index (χ0n) is 7.50. The van der Waals surface area contributed by atoms with Gasteiger partial charge >= 0.3 is 0 Å². The van der Waals surface area contributed by atoms with E-state index >= 15 is 0 Å². The average Bonchev–Trinajstić information content (AvgIpc) is 2.86. The maximum Gasteiger partial charge on any atom is 0.206 e. The van der Waals surface area contributed by atoms with Crippen molar-refractivity contribution in [1.29, 1.82) is 0 Å². The van der Waals surface area contributed by atoms with Crippen LogP contribution in [-0.4, -0.2) is 20.9 Å². The molecule has 0 bridgehead atoms. The van der Waals surface area contributed by atoms with Crippen LogP contribution in [0.3, 0.4) is 0 Å². The van der Waals surface area contributed by atoms with Gasteiger partial charge in [-0.05, 0) is 18.9 Å². The first-order valence-electron chi connectivity index (χ1n) is 4.43. The highest BCUT2D eigenvalue weighted by Crippen LogP contribution is 2.41. The molecule has 1 fully saturated rings. The van der Waals surface area contributed by atoms with Crippen LogP contribution in [0.1, 0.15) is 18.4 Å². The standard InChI is InChI=1S/C10H11FO3/c11-8-7(12)2-1-6(9(8)13)5-10(14)3-4-10/h1-2,12-14H,3-5H2. The molecular weight excluding hydrogens is 187 g/mol. The zero-order valence-corrected chi connectivity index (χ0v) is 7.50. The first-order valence-corrected chi connectivity index (χ1v) is 4.43. The largest absolute Gasteiger partial charge is 0.505 e. The van der Waals surface area contributed by atoms with Gasteiger partial charge in [-0.1, -0.05) is 6.07 Å². The summed E-state index contributed by atoms with van der Waals surface area (Å²) in [5, 5.41) is 27.8. The third kappa shape index (κ3) is 1.53. The highest BCUT2D eigenvalue weighted by molar-refractivity contribution is 5.42. The Labute approximate surface area is 80.4 Å². The van der Waals surface area contributed by atoms with Crippen LogP contribution < -0.4 is 0 Å². The van der Waals surface area contributed by atoms with Crippen molar-refractivity contribution >= 4 is 0 Å². The number of halogens is 1. The molecule has 1 saturated carbocycles. The summed E-state index contributed by atoms with van der Waals surface area (Å²) >= 11 is 0. The average molecular weight is 198 g/mol. The van der Waals surface area contributed by atoms with E-state index in [4.69, 9.17) is 5.11 Å². The van der Waals surface area contributed by atoms with E-state index in [2.05, 4.69) is 0 Å². The van der Waals surface area contributed by atoms with Crippen molar-refractivity contribution in [3.05, 3.63) is 23.5 Å². The molecule has 1 aliphatic carbocycles. The first-order chi connectivity index (χ1) is 6.52. The lowest BCUT2D eigenvalue weighted by molar-refractivity contribution is 0.149. The van der Waals surface area contributed by atoms with Gasteiger partial charge in [-0.3, -0.25) is 0 Å². The van der Waals surface area contributed by atoms with Crippen LogP contribution in [0.4, 0.5) is 4.39 Å². The molecular formula is C10H11FO3. The fourth-order valence-corrected chi connectivity index (χ4v) is 1.41. The summed E-state index contributed by atoms with van der Waals surface area (Å²) in [6.07, 6.45) is 1.58. The molecule has 2 rings (SSSR count). The van der Waals surface area contributed by atoms with Crippen molar-refractivity contribution in [1.82, 2.24) is 0 Å². The molecule has 1 aromatic carbocycles. The van der Waals surface area contributed by atoms with Crippen LogP contribution in [0, 0.1) is 5.82 Å². The lowest BCUT2D eigenvalue weighted by Crippen LogP contribution is -2.10. The maximum absolute atomic E-state index is 13.0. The van der Waals surface area contributed by atoms with Crippen molar-refractivity contribution in [2.75, 3.05) is 0 Å². The van der Waals surface area contributed by atoms with E-state index in [1.165, 1.54) is 12.1 Å². The molecule has 0 amide bonds. The Kier molecular flexibility index (Phi) is 1.89. The number of phenolic OH excluding ortho intramolecular Hbond substituents is 2. The van der Waals surface area contributed by atoms with Crippen molar-refractivity contribution in [2.24, 2.45) is 0 Å². The smallest absolute Gasteiger partial charge is 0.206 e. The van der Waals surface area contributed by atoms with E-state index in [1.54, 1.807) is 0 Å². The lowest BCUT2D eigenvalue weighted by atomic mass is 10.0. The molecule has 4 heteroatoms. The minimum Gasteiger partial charge on any atom is -0.505 e. The summed E-state index contributed by atoms with van der Waals surface area (Å²) < 4.78 is 13.0. The highest BCUT2D eigenvalue weighted by Gasteiger charge is 2.41. The number of benzene rings is 1. The van der Waals surface area contributed by atoms with Gasteiger partial charge in [-0.25, -0.2) is 0 Å². The van der Waals surface area contributed by atoms with E-state index < -0.39 is 22.9 Å². The summed E-state index contributed by atoms with van der Waals surface area (Å²) in [6.45, 7) is 0. The Morgan fingerprint density at radius 1 is 1.29 bits per heavy atom. The van der Waals surface area contributed by atoms with E-state index in [1.807, 2.05) is 0 Å². The van der Waals surface area contributed by atoms with Gasteiger partial charge in [0.2, 0.25) is 5.82 Å². The summed E-state index contributed by atoms with van der Waals surface area (Å²) in [5.74, 6) is -2.16. The van der Waals surface area contributed by atoms with Gasteiger partial charge in [0.25, 0.3) is 0 Å². The predicted molar refractivity (Wildman–Crippen MR) is 47.6 cm³/mol. The molecule has 0 spiro atoms. The number of rotatable bonds is 2. The summed E-state index contributed by atoms with van der Waals surface area (Å²) in [5.41, 5.74) is -0.443. The van der Waals surface area contributed by atoms with Crippen LogP contribution in [-0.2, 0) is 6.42 Å². The molecule has 0 aromatic heterocycles. The number of phenols is 2. The molecule has 0 atom stereocenters. The molecule has 14 heavy (non-hydrogen) atoms. The minimum atomic E-state index is -1.02. The van der Waals surface area contributed by atoms with E-state index in [-0.39, 0.29) is 6.42 Å². The lowest BCUT2D eigenvalue weighted by Gasteiger charge is -2.10. The number of aliphatic hydroxyl groups is 1. The molecule has 3 nitrogen and oxygen atoms in total. The number of hydrogen-bond donors (Lipinski definition) is 3. The van der Waals surface area contributed by atoms with E-state index in [0.29, 0.717) is 18.4 Å². The first kappa shape index (κ1) is 9.27. The van der Waals surface area contributed by atoms with Crippen LogP contribution >= 0.6 is 0 Å². The Morgan fingerprint density at radius 3 is 2.50 bits per heavy atom. The van der Waals surface area contributed by atoms with Crippen molar-refractivity contribution in [2.45, 2.75) is 24.9 Å². The van der Waals surface area contributed by atoms with Gasteiger partial charge in [0.15, 0.2) is 11.5 Å². The van der Waals surface area contributed by atoms with E-state index in [0.717, 1.165) is 0 Å². The van der Waals surface area contributed by atoms with Crippen molar-refractivity contribution in [3.8, 4) is 11.5 Å². The fraction of sp³-hybridized carbons (Fsp3) is 0.400. The normalized spacial score (nSPS) is 18.1. The predicted octanol–water partition coefficient (Wildman–Crippen LogP) is 1.30. The summed E-state index contributed by atoms with van der Waals surface area (Å²) in [6, 6.07) is 2.60. The molecule has 0 radical (unpaired) electrons. The second-order valence-corrected chi connectivity index (χ2v) is 3.81. The summed E-state index contributed by atoms with van der Waals surface area (Å²) in [7, 11) is 0. The van der Waals surface area contributed by atoms with Crippen LogP contribution in [0.5, 0.6) is 11.5 Å². The molecule has 76 valence electrons. The Balaban J connectivity index is 2.30. The molecule has 1 aromatic rings. The van der Waals surface area contributed by atoms with Crippen LogP contribution in [0.25, 0.3) is 0 Å². The molecule has 0 saturated heterocycles. The van der Waals surface area contributed by atoms with Gasteiger partial charge in [-0.2, -0.15) is 4.39 Å². The van der Waals surface area contributed by atoms with Crippen LogP contribution in [0.2, 0.25) is 0 Å². The minimum absolute atomic E-state index is 0.232. The van der Waals surface area contributed by atoms with Gasteiger partial charge in [0, 0.05) is 12.0 Å². The van der Waals surface area contributed by atoms with Crippen molar-refractivity contribution in [3.63, 3.8) is 0 Å². The number of hydrogen-bond acceptors (Lipinski definition) is 3. The molecule has 0 aliphatic heterocycles. The fourth-order valence-electron chi connectivity index (χ4n) is 1.41. The number of aromatic hydroxyl groups is 2. The molecule has 1 aliphatic rings. The van der Waals surface area contributed by atoms with Crippen molar-refractivity contribution < 1.29 is 19.7 Å². The third-order valence-electron chi connectivity index (χ3n) is 2.53. The van der Waals surface area contributed by atoms with E-state index in [9.17, 15) is 14.6 Å². The zero-order chi connectivity index (χ0) is 10.3. The van der Waals surface area contributed by atoms with Crippen LogP contribution in [0.15, 0.2) is 12.1 Å². The monoisotopic (exact) mass is 198 g/mol. The van der Waals surface area contributed by atoms with Gasteiger partial charge in [-0.15, -0.1) is 0 Å². The molecule has 0 unspecified atom stereocenters. The summed E-state index contributed by atoms with van der Waals surface area (Å²) in [4.78, 5) is 0. The van der Waals surface area contributed by atoms with Gasteiger partial charge in [0.05, 0.1) is 5.60 Å². The Hall–Kier alpha value is -1.29. The topological polar surface area (TPSA) is 60.7 Å². The van der Waals surface area contributed by atoms with Gasteiger partial charge < -0.3 is 15.3 Å². The second kappa shape index (κ2) is 2.85. The Morgan fingerprint density at radius 2 is 1.93 bits per heavy atom. The Bertz CT molecular complexity index is 372. The van der Waals surface area contributed by atoms with Gasteiger partial charge in [0.1, 0.15) is 0 Å². The second-order valence-electron chi connectivity index (χ2n) is 3.81. The highest BCUT2D eigenvalue weighted by atomic mass is 19.1. The third-order valence-corrected chi connectivity index (χ3v) is 2.53. The SMILES string of the molecule is Oc1ccc(CC2(O)CC2)c(O)c1F. The molecule has 3 N–H and O–H groups in total. The quantitative estimate of drug-likeness (QED) is 0.671. The molecule has 0 heterocycles. The maximum atomic E-state index is 13.0.